The molecule has 0 aliphatic rings. The van der Waals surface area contributed by atoms with Crippen LogP contribution in [0, 0.1) is 26.7 Å². The van der Waals surface area contributed by atoms with Crippen LogP contribution in [0.2, 0.25) is 0 Å². The highest BCUT2D eigenvalue weighted by Gasteiger charge is 2.39. The number of ether oxygens (including phenoxy) is 1. The summed E-state index contributed by atoms with van der Waals surface area (Å²) in [6.07, 6.45) is -0.671. The summed E-state index contributed by atoms with van der Waals surface area (Å²) in [4.78, 5) is 42.2. The fraction of sp³-hybridized carbons (Fsp3) is 0.500. The molecular formula is C30H43N3O4. The maximum absolute atomic E-state index is 14.1. The van der Waals surface area contributed by atoms with Crippen molar-refractivity contribution in [1.82, 2.24) is 10.2 Å². The summed E-state index contributed by atoms with van der Waals surface area (Å²) in [6, 6.07) is 11.3. The van der Waals surface area contributed by atoms with Gasteiger partial charge in [-0.2, -0.15) is 0 Å². The molecule has 0 aliphatic carbocycles. The van der Waals surface area contributed by atoms with E-state index >= 15 is 0 Å². The van der Waals surface area contributed by atoms with E-state index in [-0.39, 0.29) is 23.8 Å². The lowest BCUT2D eigenvalue weighted by atomic mass is 9.96. The van der Waals surface area contributed by atoms with Crippen LogP contribution in [0.5, 0.6) is 0 Å². The Kier molecular flexibility index (Phi) is 9.90. The van der Waals surface area contributed by atoms with Crippen LogP contribution in [0.15, 0.2) is 42.5 Å². The Morgan fingerprint density at radius 2 is 1.41 bits per heavy atom. The second-order valence-electron chi connectivity index (χ2n) is 11.3. The van der Waals surface area contributed by atoms with Crippen molar-refractivity contribution in [3.8, 4) is 0 Å². The van der Waals surface area contributed by atoms with Gasteiger partial charge in [-0.1, -0.05) is 61.9 Å². The molecule has 3 amide bonds. The first-order valence-corrected chi connectivity index (χ1v) is 12.9. The molecule has 0 saturated carbocycles. The van der Waals surface area contributed by atoms with Crippen LogP contribution in [0.4, 0.5) is 10.5 Å². The van der Waals surface area contributed by atoms with Crippen LogP contribution >= 0.6 is 0 Å². The topological polar surface area (TPSA) is 87.7 Å². The number of nitrogens with one attached hydrogen (secondary N) is 2. The molecule has 0 fully saturated rings. The number of alkyl carbamates (subject to hydrolysis) is 1. The second-order valence-corrected chi connectivity index (χ2v) is 11.3. The summed E-state index contributed by atoms with van der Waals surface area (Å²) in [5.41, 5.74) is 3.63. The molecule has 0 radical (unpaired) electrons. The number of hydrogen-bond acceptors (Lipinski definition) is 4. The summed E-state index contributed by atoms with van der Waals surface area (Å²) in [6.45, 7) is 18.6. The van der Waals surface area contributed by atoms with Crippen LogP contribution in [-0.2, 0) is 14.3 Å². The molecule has 0 bridgehead atoms. The quantitative estimate of drug-likeness (QED) is 0.452. The van der Waals surface area contributed by atoms with Crippen molar-refractivity contribution in [3.05, 3.63) is 64.7 Å². The maximum atomic E-state index is 14.1. The Labute approximate surface area is 222 Å². The summed E-state index contributed by atoms with van der Waals surface area (Å²) in [5.74, 6) is -0.900. The molecular weight excluding hydrogens is 466 g/mol. The van der Waals surface area contributed by atoms with Crippen molar-refractivity contribution >= 4 is 23.6 Å². The van der Waals surface area contributed by atoms with Gasteiger partial charge < -0.3 is 20.3 Å². The summed E-state index contributed by atoms with van der Waals surface area (Å²) >= 11 is 0. The normalized spacial score (nSPS) is 13.2. The maximum Gasteiger partial charge on any atom is 0.408 e. The van der Waals surface area contributed by atoms with Crippen molar-refractivity contribution in [2.24, 2.45) is 5.92 Å². The Morgan fingerprint density at radius 3 is 1.86 bits per heavy atom. The number of hydrogen-bond donors (Lipinski definition) is 2. The SMILES string of the molecule is Cc1ccc(C(C(=O)Nc2c(C)cccc2C)N(C(=O)C(NC(=O)OC(C)(C)C)C(C)C)C(C)C)cc1. The number of carbonyl (C=O) groups excluding carboxylic acids is 3. The van der Waals surface area contributed by atoms with Crippen LogP contribution in [-0.4, -0.2) is 40.5 Å². The monoisotopic (exact) mass is 509 g/mol. The van der Waals surface area contributed by atoms with Crippen LogP contribution in [0.1, 0.15) is 76.8 Å². The molecule has 202 valence electrons. The van der Waals surface area contributed by atoms with Crippen molar-refractivity contribution in [1.29, 1.82) is 0 Å². The minimum absolute atomic E-state index is 0.235. The summed E-state index contributed by atoms with van der Waals surface area (Å²) in [7, 11) is 0. The highest BCUT2D eigenvalue weighted by atomic mass is 16.6. The van der Waals surface area contributed by atoms with Gasteiger partial charge in [0, 0.05) is 11.7 Å². The van der Waals surface area contributed by atoms with Crippen molar-refractivity contribution < 1.29 is 19.1 Å². The number of rotatable bonds is 8. The van der Waals surface area contributed by atoms with Gasteiger partial charge >= 0.3 is 6.09 Å². The first-order chi connectivity index (χ1) is 17.1. The molecule has 2 unspecified atom stereocenters. The molecule has 2 N–H and O–H groups in total. The van der Waals surface area contributed by atoms with Gasteiger partial charge in [-0.25, -0.2) is 4.79 Å². The highest BCUT2D eigenvalue weighted by Crippen LogP contribution is 2.29. The summed E-state index contributed by atoms with van der Waals surface area (Å²) in [5, 5.41) is 5.82. The number of para-hydroxylation sites is 1. The van der Waals surface area contributed by atoms with E-state index in [2.05, 4.69) is 10.6 Å². The Balaban J connectivity index is 2.54. The molecule has 0 heterocycles. The molecule has 2 rings (SSSR count). The molecule has 7 nitrogen and oxygen atoms in total. The van der Waals surface area contributed by atoms with E-state index in [1.807, 2.05) is 90.9 Å². The van der Waals surface area contributed by atoms with Crippen molar-refractivity contribution in [2.45, 2.75) is 93.0 Å². The van der Waals surface area contributed by atoms with Crippen LogP contribution < -0.4 is 10.6 Å². The third-order valence-corrected chi connectivity index (χ3v) is 6.06. The number of aryl methyl sites for hydroxylation is 3. The third-order valence-electron chi connectivity index (χ3n) is 6.06. The van der Waals surface area contributed by atoms with Crippen LogP contribution in [0.3, 0.4) is 0 Å². The molecule has 0 saturated heterocycles. The number of benzene rings is 2. The van der Waals surface area contributed by atoms with Gasteiger partial charge in [-0.15, -0.1) is 0 Å². The molecule has 2 aromatic rings. The van der Waals surface area contributed by atoms with Gasteiger partial charge in [0.2, 0.25) is 5.91 Å². The number of anilines is 1. The zero-order chi connectivity index (χ0) is 28.1. The Hall–Kier alpha value is -3.35. The van der Waals surface area contributed by atoms with E-state index < -0.39 is 23.8 Å². The van der Waals surface area contributed by atoms with Crippen molar-refractivity contribution in [3.63, 3.8) is 0 Å². The van der Waals surface area contributed by atoms with Crippen molar-refractivity contribution in [2.75, 3.05) is 5.32 Å². The summed E-state index contributed by atoms with van der Waals surface area (Å²) < 4.78 is 5.42. The van der Waals surface area contributed by atoms with Gasteiger partial charge in [-0.3, -0.25) is 9.59 Å². The zero-order valence-electron chi connectivity index (χ0n) is 23.9. The van der Waals surface area contributed by atoms with Crippen LogP contribution in [0.25, 0.3) is 0 Å². The molecule has 0 spiro atoms. The lowest BCUT2D eigenvalue weighted by Crippen LogP contribution is -2.56. The number of nitrogens with zero attached hydrogens (tertiary/aromatic N) is 1. The fourth-order valence-electron chi connectivity index (χ4n) is 4.18. The van der Waals surface area contributed by atoms with Gasteiger partial charge in [0.15, 0.2) is 0 Å². The molecule has 0 aliphatic heterocycles. The smallest absolute Gasteiger partial charge is 0.408 e. The van der Waals surface area contributed by atoms with E-state index in [1.165, 1.54) is 0 Å². The van der Waals surface area contributed by atoms with E-state index in [0.29, 0.717) is 5.56 Å². The third kappa shape index (κ3) is 8.07. The van der Waals surface area contributed by atoms with Gasteiger partial charge in [0.25, 0.3) is 5.91 Å². The lowest BCUT2D eigenvalue weighted by molar-refractivity contribution is -0.143. The van der Waals surface area contributed by atoms with Gasteiger partial charge in [0.1, 0.15) is 17.7 Å². The van der Waals surface area contributed by atoms with E-state index in [0.717, 1.165) is 22.4 Å². The van der Waals surface area contributed by atoms with Gasteiger partial charge in [-0.05, 0) is 78.0 Å². The zero-order valence-corrected chi connectivity index (χ0v) is 23.9. The molecule has 0 aromatic heterocycles. The number of amides is 3. The Morgan fingerprint density at radius 1 is 0.865 bits per heavy atom. The predicted octanol–water partition coefficient (Wildman–Crippen LogP) is 6.08. The minimum atomic E-state index is -0.909. The molecule has 7 heteroatoms. The molecule has 2 aromatic carbocycles. The first kappa shape index (κ1) is 29.9. The predicted molar refractivity (Wildman–Crippen MR) is 148 cm³/mol. The lowest BCUT2D eigenvalue weighted by Gasteiger charge is -2.38. The van der Waals surface area contributed by atoms with Gasteiger partial charge in [0.05, 0.1) is 0 Å². The Bertz CT molecular complexity index is 1080. The average Bonchev–Trinajstić information content (AvgIpc) is 2.77. The molecule has 37 heavy (non-hydrogen) atoms. The van der Waals surface area contributed by atoms with E-state index in [9.17, 15) is 14.4 Å². The largest absolute Gasteiger partial charge is 0.444 e. The second kappa shape index (κ2) is 12.3. The van der Waals surface area contributed by atoms with E-state index in [1.54, 1.807) is 25.7 Å². The fourth-order valence-corrected chi connectivity index (χ4v) is 4.18. The first-order valence-electron chi connectivity index (χ1n) is 12.9. The number of carbonyl (C=O) groups is 3. The highest BCUT2D eigenvalue weighted by molar-refractivity contribution is 6.00. The standard InChI is InChI=1S/C30H43N3O4/c1-18(2)24(32-29(36)37-30(8,9)10)28(35)33(19(3)4)26(23-16-14-20(5)15-17-23)27(34)31-25-21(6)12-11-13-22(25)7/h11-19,24,26H,1-10H3,(H,31,34)(H,32,36). The molecule has 2 atom stereocenters. The average molecular weight is 510 g/mol. The van der Waals surface area contributed by atoms with E-state index in [4.69, 9.17) is 4.74 Å². The minimum Gasteiger partial charge on any atom is -0.444 e.